The van der Waals surface area contributed by atoms with Crippen LogP contribution in [0.5, 0.6) is 0 Å². The second kappa shape index (κ2) is 3.83. The summed E-state index contributed by atoms with van der Waals surface area (Å²) in [6, 6.07) is 7.33. The molecule has 2 aromatic heterocycles. The summed E-state index contributed by atoms with van der Waals surface area (Å²) >= 11 is 1.47. The highest BCUT2D eigenvalue weighted by atomic mass is 32.1. The Balaban J connectivity index is 2.82. The van der Waals surface area contributed by atoms with Gasteiger partial charge in [0.05, 0.1) is 0 Å². The molecule has 0 aliphatic carbocycles. The largest absolute Gasteiger partial charge is 0.385 e. The van der Waals surface area contributed by atoms with Gasteiger partial charge in [0.1, 0.15) is 17.5 Å². The van der Waals surface area contributed by atoms with Gasteiger partial charge in [-0.05, 0) is 17.5 Å². The Hall–Kier alpha value is -2.06. The number of nitrogen functional groups attached to an aromatic ring is 1. The summed E-state index contributed by atoms with van der Waals surface area (Å²) in [6.07, 6.45) is 0. The second-order valence-electron chi connectivity index (χ2n) is 3.31. The predicted molar refractivity (Wildman–Crippen MR) is 64.1 cm³/mol. The van der Waals surface area contributed by atoms with E-state index in [0.29, 0.717) is 11.4 Å². The molecule has 2 rings (SSSR count). The standard InChI is InChI=1S/C11H9N3OS/c1-14-10(13)5-7(8(6-12)11(14)15)9-3-2-4-16-9/h2-5H,13H2,1H3. The van der Waals surface area contributed by atoms with Gasteiger partial charge in [0.2, 0.25) is 0 Å². The first-order chi connectivity index (χ1) is 7.65. The topological polar surface area (TPSA) is 71.8 Å². The summed E-state index contributed by atoms with van der Waals surface area (Å²) < 4.78 is 1.27. The predicted octanol–water partition coefficient (Wildman–Crippen LogP) is 1.57. The molecule has 0 fully saturated rings. The highest BCUT2D eigenvalue weighted by molar-refractivity contribution is 7.13. The van der Waals surface area contributed by atoms with Crippen molar-refractivity contribution >= 4 is 17.2 Å². The lowest BCUT2D eigenvalue weighted by atomic mass is 10.1. The number of nitrogens with zero attached hydrogens (tertiary/aromatic N) is 2. The Morgan fingerprint density at radius 2 is 2.31 bits per heavy atom. The third-order valence-corrected chi connectivity index (χ3v) is 3.27. The van der Waals surface area contributed by atoms with Crippen LogP contribution in [-0.4, -0.2) is 4.57 Å². The Labute approximate surface area is 96.2 Å². The van der Waals surface area contributed by atoms with Crippen LogP contribution in [0.25, 0.3) is 10.4 Å². The monoisotopic (exact) mass is 231 g/mol. The molecule has 0 atom stereocenters. The first kappa shape index (κ1) is 10.5. The molecular weight excluding hydrogens is 222 g/mol. The van der Waals surface area contributed by atoms with Crippen LogP contribution in [0.1, 0.15) is 5.56 Å². The molecule has 0 aliphatic rings. The molecule has 16 heavy (non-hydrogen) atoms. The van der Waals surface area contributed by atoms with Crippen molar-refractivity contribution in [3.8, 4) is 16.5 Å². The van der Waals surface area contributed by atoms with Crippen LogP contribution in [0.3, 0.4) is 0 Å². The zero-order chi connectivity index (χ0) is 11.7. The average Bonchev–Trinajstić information content (AvgIpc) is 2.79. The van der Waals surface area contributed by atoms with Gasteiger partial charge >= 0.3 is 0 Å². The van der Waals surface area contributed by atoms with Crippen molar-refractivity contribution in [2.75, 3.05) is 5.73 Å². The Morgan fingerprint density at radius 3 is 2.88 bits per heavy atom. The summed E-state index contributed by atoms with van der Waals surface area (Å²) in [5.41, 5.74) is 6.10. The molecule has 0 radical (unpaired) electrons. The molecule has 5 heteroatoms. The van der Waals surface area contributed by atoms with Crippen LogP contribution in [-0.2, 0) is 7.05 Å². The molecule has 0 aliphatic heterocycles. The summed E-state index contributed by atoms with van der Waals surface area (Å²) in [6.45, 7) is 0. The van der Waals surface area contributed by atoms with Crippen LogP contribution in [0.15, 0.2) is 28.4 Å². The van der Waals surface area contributed by atoms with Gasteiger partial charge in [0.15, 0.2) is 0 Å². The molecule has 0 saturated heterocycles. The van der Waals surface area contributed by atoms with E-state index in [2.05, 4.69) is 0 Å². The van der Waals surface area contributed by atoms with Gasteiger partial charge in [-0.3, -0.25) is 9.36 Å². The van der Waals surface area contributed by atoms with Crippen molar-refractivity contribution in [1.82, 2.24) is 4.57 Å². The van der Waals surface area contributed by atoms with Crippen LogP contribution < -0.4 is 11.3 Å². The first-order valence-electron chi connectivity index (χ1n) is 4.58. The minimum Gasteiger partial charge on any atom is -0.385 e. The van der Waals surface area contributed by atoms with E-state index < -0.39 is 0 Å². The maximum atomic E-state index is 11.8. The molecule has 4 nitrogen and oxygen atoms in total. The summed E-state index contributed by atoms with van der Waals surface area (Å²) in [7, 11) is 1.55. The summed E-state index contributed by atoms with van der Waals surface area (Å²) in [4.78, 5) is 12.7. The van der Waals surface area contributed by atoms with Crippen molar-refractivity contribution in [2.45, 2.75) is 0 Å². The van der Waals surface area contributed by atoms with Crippen molar-refractivity contribution in [3.63, 3.8) is 0 Å². The fraction of sp³-hybridized carbons (Fsp3) is 0.0909. The molecule has 0 aromatic carbocycles. The number of nitrogens with two attached hydrogens (primary N) is 1. The minimum absolute atomic E-state index is 0.138. The van der Waals surface area contributed by atoms with E-state index in [1.807, 2.05) is 23.6 Å². The summed E-state index contributed by atoms with van der Waals surface area (Å²) in [5, 5.41) is 10.9. The van der Waals surface area contributed by atoms with E-state index in [0.717, 1.165) is 4.88 Å². The molecule has 0 saturated carbocycles. The quantitative estimate of drug-likeness (QED) is 0.809. The fourth-order valence-corrected chi connectivity index (χ4v) is 2.20. The number of anilines is 1. The lowest BCUT2D eigenvalue weighted by molar-refractivity contribution is 0.871. The van der Waals surface area contributed by atoms with Gasteiger partial charge in [-0.15, -0.1) is 11.3 Å². The third kappa shape index (κ3) is 1.49. The Bertz CT molecular complexity index is 620. The molecule has 2 aromatic rings. The zero-order valence-corrected chi connectivity index (χ0v) is 9.41. The molecule has 2 heterocycles. The van der Waals surface area contributed by atoms with Crippen molar-refractivity contribution in [3.05, 3.63) is 39.5 Å². The first-order valence-corrected chi connectivity index (χ1v) is 5.46. The van der Waals surface area contributed by atoms with E-state index >= 15 is 0 Å². The maximum absolute atomic E-state index is 11.8. The molecule has 0 bridgehead atoms. The smallest absolute Gasteiger partial charge is 0.270 e. The molecule has 0 amide bonds. The van der Waals surface area contributed by atoms with Gasteiger partial charge < -0.3 is 5.73 Å². The lowest BCUT2D eigenvalue weighted by Crippen LogP contribution is -2.22. The van der Waals surface area contributed by atoms with Crippen molar-refractivity contribution in [2.24, 2.45) is 7.05 Å². The number of aromatic nitrogens is 1. The minimum atomic E-state index is -0.356. The maximum Gasteiger partial charge on any atom is 0.270 e. The van der Waals surface area contributed by atoms with E-state index in [1.165, 1.54) is 15.9 Å². The second-order valence-corrected chi connectivity index (χ2v) is 4.26. The highest BCUT2D eigenvalue weighted by Gasteiger charge is 2.13. The molecule has 0 spiro atoms. The Kier molecular flexibility index (Phi) is 2.50. The van der Waals surface area contributed by atoms with Crippen molar-refractivity contribution in [1.29, 1.82) is 5.26 Å². The van der Waals surface area contributed by atoms with Gasteiger partial charge in [0.25, 0.3) is 5.56 Å². The number of nitriles is 1. The number of hydrogen-bond donors (Lipinski definition) is 1. The molecular formula is C11H9N3OS. The SMILES string of the molecule is Cn1c(N)cc(-c2cccs2)c(C#N)c1=O. The normalized spacial score (nSPS) is 10.0. The Morgan fingerprint density at radius 1 is 1.56 bits per heavy atom. The molecule has 2 N–H and O–H groups in total. The van der Waals surface area contributed by atoms with Crippen LogP contribution in [0, 0.1) is 11.3 Å². The van der Waals surface area contributed by atoms with E-state index in [9.17, 15) is 4.79 Å². The van der Waals surface area contributed by atoms with Gasteiger partial charge in [-0.2, -0.15) is 5.26 Å². The van der Waals surface area contributed by atoms with Crippen LogP contribution >= 0.6 is 11.3 Å². The summed E-state index contributed by atoms with van der Waals surface area (Å²) in [5.74, 6) is 0.354. The van der Waals surface area contributed by atoms with E-state index in [-0.39, 0.29) is 11.1 Å². The van der Waals surface area contributed by atoms with Crippen molar-refractivity contribution < 1.29 is 0 Å². The lowest BCUT2D eigenvalue weighted by Gasteiger charge is -2.07. The fourth-order valence-electron chi connectivity index (χ4n) is 1.45. The average molecular weight is 231 g/mol. The zero-order valence-electron chi connectivity index (χ0n) is 8.60. The van der Waals surface area contributed by atoms with Gasteiger partial charge in [0, 0.05) is 17.5 Å². The third-order valence-electron chi connectivity index (χ3n) is 2.37. The number of rotatable bonds is 1. The van der Waals surface area contributed by atoms with Gasteiger partial charge in [-0.25, -0.2) is 0 Å². The number of thiophene rings is 1. The highest BCUT2D eigenvalue weighted by Crippen LogP contribution is 2.27. The number of hydrogen-bond acceptors (Lipinski definition) is 4. The van der Waals surface area contributed by atoms with Gasteiger partial charge in [-0.1, -0.05) is 6.07 Å². The number of pyridine rings is 1. The van der Waals surface area contributed by atoms with E-state index in [4.69, 9.17) is 11.0 Å². The molecule has 80 valence electrons. The van der Waals surface area contributed by atoms with Crippen LogP contribution in [0.2, 0.25) is 0 Å². The van der Waals surface area contributed by atoms with Crippen LogP contribution in [0.4, 0.5) is 5.82 Å². The van der Waals surface area contributed by atoms with E-state index in [1.54, 1.807) is 13.1 Å². The molecule has 0 unspecified atom stereocenters.